The van der Waals surface area contributed by atoms with Crippen molar-refractivity contribution in [3.8, 4) is 5.75 Å². The van der Waals surface area contributed by atoms with Crippen LogP contribution >= 0.6 is 0 Å². The molecule has 2 rings (SSSR count). The fraction of sp³-hybridized carbons (Fsp3) is 0.500. The second kappa shape index (κ2) is 9.65. The van der Waals surface area contributed by atoms with Gasteiger partial charge in [-0.3, -0.25) is 24.0 Å². The zero-order valence-corrected chi connectivity index (χ0v) is 18.4. The third-order valence-corrected chi connectivity index (χ3v) is 4.72. The van der Waals surface area contributed by atoms with E-state index in [-0.39, 0.29) is 35.8 Å². The van der Waals surface area contributed by atoms with E-state index in [1.807, 2.05) is 45.9 Å². The number of benzene rings is 1. The van der Waals surface area contributed by atoms with Crippen molar-refractivity contribution >= 4 is 17.4 Å². The normalized spacial score (nSPS) is 11.4. The van der Waals surface area contributed by atoms with Gasteiger partial charge < -0.3 is 10.5 Å². The average Bonchev–Trinajstić information content (AvgIpc) is 2.65. The molecule has 0 radical (unpaired) electrons. The number of nitrogens with one attached hydrogen (secondary N) is 1. The largest absolute Gasteiger partial charge is 0.496 e. The van der Waals surface area contributed by atoms with E-state index in [9.17, 15) is 14.4 Å². The van der Waals surface area contributed by atoms with E-state index in [2.05, 4.69) is 4.98 Å². The van der Waals surface area contributed by atoms with E-state index in [0.29, 0.717) is 12.3 Å². The summed E-state index contributed by atoms with van der Waals surface area (Å²) in [4.78, 5) is 42.0. The molecule has 0 aliphatic carbocycles. The quantitative estimate of drug-likeness (QED) is 0.687. The number of amides is 1. The third-order valence-electron chi connectivity index (χ3n) is 4.72. The predicted octanol–water partition coefficient (Wildman–Crippen LogP) is 2.90. The van der Waals surface area contributed by atoms with Crippen molar-refractivity contribution in [3.05, 3.63) is 50.7 Å². The number of carbonyl (C=O) groups excluding carboxylic acids is 1. The van der Waals surface area contributed by atoms with E-state index < -0.39 is 11.2 Å². The maximum atomic E-state index is 13.3. The van der Waals surface area contributed by atoms with Crippen LogP contribution in [0.5, 0.6) is 5.75 Å². The van der Waals surface area contributed by atoms with Gasteiger partial charge in [-0.25, -0.2) is 4.79 Å². The highest BCUT2D eigenvalue weighted by Gasteiger charge is 2.28. The number of ether oxygens (including phenoxy) is 1. The fourth-order valence-electron chi connectivity index (χ4n) is 3.22. The molecule has 1 aromatic carbocycles. The topological polar surface area (TPSA) is 110 Å². The number of nitrogen functional groups attached to an aromatic ring is 1. The Kier molecular flexibility index (Phi) is 7.48. The summed E-state index contributed by atoms with van der Waals surface area (Å²) in [6, 6.07) is 7.28. The lowest BCUT2D eigenvalue weighted by Crippen LogP contribution is -2.41. The minimum Gasteiger partial charge on any atom is -0.496 e. The number of hydrogen-bond acceptors (Lipinski definition) is 5. The van der Waals surface area contributed by atoms with Crippen molar-refractivity contribution in [1.29, 1.82) is 0 Å². The zero-order valence-electron chi connectivity index (χ0n) is 18.4. The van der Waals surface area contributed by atoms with Crippen LogP contribution < -0.4 is 26.6 Å². The fourth-order valence-corrected chi connectivity index (χ4v) is 3.22. The van der Waals surface area contributed by atoms with Crippen LogP contribution in [0.2, 0.25) is 0 Å². The molecule has 2 aromatic rings. The molecule has 30 heavy (non-hydrogen) atoms. The number of aromatic amines is 1. The molecule has 3 N–H and O–H groups in total. The maximum Gasteiger partial charge on any atom is 0.330 e. The number of H-pyrrole nitrogens is 1. The van der Waals surface area contributed by atoms with Crippen LogP contribution in [0.4, 0.5) is 11.5 Å². The Labute approximate surface area is 176 Å². The standard InChI is InChI=1S/C22H32N4O4/c1-6-7-12-25-19(23)18(20(28)24-21(25)29)26(17(27)13-22(2,3)4)14-15-10-8-9-11-16(15)30-5/h8-11H,6-7,12-14,23H2,1-5H3,(H,24,28,29). The third kappa shape index (κ3) is 5.52. The molecule has 0 saturated carbocycles. The van der Waals surface area contributed by atoms with Crippen molar-refractivity contribution in [2.45, 2.75) is 60.0 Å². The van der Waals surface area contributed by atoms with Gasteiger partial charge in [0.25, 0.3) is 5.56 Å². The second-order valence-electron chi connectivity index (χ2n) is 8.53. The monoisotopic (exact) mass is 416 g/mol. The SMILES string of the molecule is CCCCn1c(N)c(N(Cc2ccccc2OC)C(=O)CC(C)(C)C)c(=O)[nH]c1=O. The van der Waals surface area contributed by atoms with Gasteiger partial charge in [0.2, 0.25) is 5.91 Å². The highest BCUT2D eigenvalue weighted by molar-refractivity contribution is 5.95. The number of rotatable bonds is 8. The molecule has 164 valence electrons. The number of carbonyl (C=O) groups is 1. The highest BCUT2D eigenvalue weighted by Crippen LogP contribution is 2.28. The van der Waals surface area contributed by atoms with Crippen LogP contribution in [0.1, 0.15) is 52.5 Å². The highest BCUT2D eigenvalue weighted by atomic mass is 16.5. The van der Waals surface area contributed by atoms with Crippen molar-refractivity contribution in [2.75, 3.05) is 17.7 Å². The first-order valence-corrected chi connectivity index (χ1v) is 10.1. The van der Waals surface area contributed by atoms with Gasteiger partial charge in [0, 0.05) is 18.5 Å². The number of anilines is 2. The van der Waals surface area contributed by atoms with Gasteiger partial charge >= 0.3 is 5.69 Å². The zero-order chi connectivity index (χ0) is 22.5. The Morgan fingerprint density at radius 3 is 2.50 bits per heavy atom. The lowest BCUT2D eigenvalue weighted by atomic mass is 9.91. The van der Waals surface area contributed by atoms with E-state index in [1.54, 1.807) is 13.2 Å². The van der Waals surface area contributed by atoms with Gasteiger partial charge in [-0.05, 0) is 17.9 Å². The Morgan fingerprint density at radius 1 is 1.23 bits per heavy atom. The number of aromatic nitrogens is 2. The summed E-state index contributed by atoms with van der Waals surface area (Å²) in [6.45, 7) is 8.29. The molecule has 1 amide bonds. The Hall–Kier alpha value is -3.03. The van der Waals surface area contributed by atoms with Gasteiger partial charge in [-0.1, -0.05) is 52.3 Å². The minimum absolute atomic E-state index is 0.00522. The molecule has 0 spiro atoms. The summed E-state index contributed by atoms with van der Waals surface area (Å²) in [5, 5.41) is 0. The molecule has 0 fully saturated rings. The van der Waals surface area contributed by atoms with Gasteiger partial charge in [-0.15, -0.1) is 0 Å². The molecule has 8 heteroatoms. The van der Waals surface area contributed by atoms with Crippen molar-refractivity contribution in [3.63, 3.8) is 0 Å². The van der Waals surface area contributed by atoms with Crippen LogP contribution in [0.3, 0.4) is 0 Å². The van der Waals surface area contributed by atoms with Crippen LogP contribution in [-0.2, 0) is 17.9 Å². The average molecular weight is 417 g/mol. The number of unbranched alkanes of at least 4 members (excludes halogenated alkanes) is 1. The minimum atomic E-state index is -0.678. The Bertz CT molecular complexity index is 1000. The first-order chi connectivity index (χ1) is 14.1. The molecule has 0 aliphatic rings. The van der Waals surface area contributed by atoms with Crippen LogP contribution in [-0.4, -0.2) is 22.6 Å². The van der Waals surface area contributed by atoms with Crippen LogP contribution in [0.15, 0.2) is 33.9 Å². The Morgan fingerprint density at radius 2 is 1.90 bits per heavy atom. The van der Waals surface area contributed by atoms with E-state index in [4.69, 9.17) is 10.5 Å². The van der Waals surface area contributed by atoms with Gasteiger partial charge in [-0.2, -0.15) is 0 Å². The summed E-state index contributed by atoms with van der Waals surface area (Å²) in [5.41, 5.74) is 5.44. The Balaban J connectivity index is 2.63. The summed E-state index contributed by atoms with van der Waals surface area (Å²) >= 11 is 0. The molecule has 0 saturated heterocycles. The van der Waals surface area contributed by atoms with Crippen molar-refractivity contribution in [1.82, 2.24) is 9.55 Å². The molecule has 1 heterocycles. The summed E-state index contributed by atoms with van der Waals surface area (Å²) in [5.74, 6) is 0.334. The molecule has 1 aromatic heterocycles. The lowest BCUT2D eigenvalue weighted by Gasteiger charge is -2.28. The summed E-state index contributed by atoms with van der Waals surface area (Å²) in [6.07, 6.45) is 1.78. The maximum absolute atomic E-state index is 13.3. The number of hydrogen-bond donors (Lipinski definition) is 2. The lowest BCUT2D eigenvalue weighted by molar-refractivity contribution is -0.120. The number of para-hydroxylation sites is 1. The molecule has 0 unspecified atom stereocenters. The van der Waals surface area contributed by atoms with Crippen molar-refractivity contribution < 1.29 is 9.53 Å². The smallest absolute Gasteiger partial charge is 0.330 e. The van der Waals surface area contributed by atoms with E-state index in [1.165, 1.54) is 9.47 Å². The molecular weight excluding hydrogens is 384 g/mol. The molecular formula is C22H32N4O4. The molecule has 0 bridgehead atoms. The summed E-state index contributed by atoms with van der Waals surface area (Å²) in [7, 11) is 1.55. The second-order valence-corrected chi connectivity index (χ2v) is 8.53. The van der Waals surface area contributed by atoms with Crippen molar-refractivity contribution in [2.24, 2.45) is 5.41 Å². The molecule has 0 aliphatic heterocycles. The van der Waals surface area contributed by atoms with Gasteiger partial charge in [0.1, 0.15) is 11.6 Å². The van der Waals surface area contributed by atoms with Crippen LogP contribution in [0.25, 0.3) is 0 Å². The first kappa shape index (κ1) is 23.3. The first-order valence-electron chi connectivity index (χ1n) is 10.1. The molecule has 0 atom stereocenters. The number of nitrogens with two attached hydrogens (primary N) is 1. The van der Waals surface area contributed by atoms with Crippen LogP contribution in [0, 0.1) is 5.41 Å². The van der Waals surface area contributed by atoms with E-state index >= 15 is 0 Å². The van der Waals surface area contributed by atoms with Gasteiger partial charge in [0.05, 0.1) is 13.7 Å². The predicted molar refractivity (Wildman–Crippen MR) is 119 cm³/mol. The van der Waals surface area contributed by atoms with E-state index in [0.717, 1.165) is 18.4 Å². The van der Waals surface area contributed by atoms with Gasteiger partial charge in [0.15, 0.2) is 5.69 Å². The summed E-state index contributed by atoms with van der Waals surface area (Å²) < 4.78 is 6.73. The number of nitrogens with zero attached hydrogens (tertiary/aromatic N) is 2. The molecule has 8 nitrogen and oxygen atoms in total. The number of methoxy groups -OCH3 is 1.